The Labute approximate surface area is 77.3 Å². The highest BCUT2D eigenvalue weighted by atomic mass is 32.2. The number of nitrogens with zero attached hydrogens (tertiary/aromatic N) is 1. The van der Waals surface area contributed by atoms with Crippen LogP contribution >= 0.6 is 23.5 Å². The smallest absolute Gasteiger partial charge is 0.0578 e. The van der Waals surface area contributed by atoms with Crippen LogP contribution in [-0.4, -0.2) is 26.8 Å². The first-order valence-electron chi connectivity index (χ1n) is 4.34. The molecule has 11 heavy (non-hydrogen) atoms. The maximum Gasteiger partial charge on any atom is 0.0578 e. The number of thioether (sulfide) groups is 2. The lowest BCUT2D eigenvalue weighted by molar-refractivity contribution is 0.307. The van der Waals surface area contributed by atoms with Crippen LogP contribution < -0.4 is 0 Å². The van der Waals surface area contributed by atoms with Crippen molar-refractivity contribution in [3.63, 3.8) is 0 Å². The van der Waals surface area contributed by atoms with E-state index in [1.807, 2.05) is 0 Å². The molecule has 2 aliphatic heterocycles. The van der Waals surface area contributed by atoms with Crippen molar-refractivity contribution < 1.29 is 0 Å². The molecule has 0 radical (unpaired) electrons. The summed E-state index contributed by atoms with van der Waals surface area (Å²) in [7, 11) is 0. The fourth-order valence-corrected chi connectivity index (χ4v) is 5.28. The Balaban J connectivity index is 2.04. The van der Waals surface area contributed by atoms with Gasteiger partial charge in [0, 0.05) is 6.54 Å². The van der Waals surface area contributed by atoms with Gasteiger partial charge < -0.3 is 0 Å². The van der Waals surface area contributed by atoms with E-state index in [1.165, 1.54) is 19.4 Å². The maximum atomic E-state index is 2.65. The molecule has 2 rings (SSSR count). The van der Waals surface area contributed by atoms with Gasteiger partial charge in [0.2, 0.25) is 0 Å². The summed E-state index contributed by atoms with van der Waals surface area (Å²) >= 11 is 4.26. The van der Waals surface area contributed by atoms with E-state index in [1.54, 1.807) is 0 Å². The molecule has 2 fully saturated rings. The van der Waals surface area contributed by atoms with Crippen LogP contribution in [0.15, 0.2) is 0 Å². The molecule has 3 atom stereocenters. The molecule has 0 aliphatic carbocycles. The Kier molecular flexibility index (Phi) is 2.40. The third-order valence-corrected chi connectivity index (χ3v) is 5.36. The zero-order chi connectivity index (χ0) is 7.84. The molecule has 0 amide bonds. The quantitative estimate of drug-likeness (QED) is 0.576. The molecule has 0 saturated carbocycles. The topological polar surface area (TPSA) is 3.24 Å². The van der Waals surface area contributed by atoms with Gasteiger partial charge in [-0.2, -0.15) is 0 Å². The van der Waals surface area contributed by atoms with Gasteiger partial charge in [-0.3, -0.25) is 4.90 Å². The van der Waals surface area contributed by atoms with Crippen LogP contribution in [0.25, 0.3) is 0 Å². The second-order valence-electron chi connectivity index (χ2n) is 3.27. The third kappa shape index (κ3) is 1.56. The number of rotatable bonds is 0. The van der Waals surface area contributed by atoms with Crippen molar-refractivity contribution >= 4 is 23.5 Å². The molecule has 0 aromatic heterocycles. The van der Waals surface area contributed by atoms with Crippen molar-refractivity contribution in [2.24, 2.45) is 0 Å². The zero-order valence-corrected chi connectivity index (χ0v) is 8.75. The summed E-state index contributed by atoms with van der Waals surface area (Å²) in [5, 5.41) is 1.61. The number of hydrogen-bond donors (Lipinski definition) is 0. The van der Waals surface area contributed by atoms with E-state index >= 15 is 0 Å². The molecule has 2 aliphatic rings. The van der Waals surface area contributed by atoms with E-state index in [4.69, 9.17) is 0 Å². The molecule has 2 saturated heterocycles. The Bertz CT molecular complexity index is 151. The summed E-state index contributed by atoms with van der Waals surface area (Å²) in [6, 6.07) is 0. The normalized spacial score (nSPS) is 45.8. The minimum Gasteiger partial charge on any atom is -0.280 e. The Hall–Kier alpha value is 0.660. The van der Waals surface area contributed by atoms with Crippen LogP contribution in [0.2, 0.25) is 0 Å². The molecule has 3 heteroatoms. The fraction of sp³-hybridized carbons (Fsp3) is 1.00. The minimum atomic E-state index is 0.763. The second-order valence-corrected chi connectivity index (χ2v) is 6.76. The SMILES string of the molecule is CC1SC(C)N2CCCC2S1. The summed E-state index contributed by atoms with van der Waals surface area (Å²) in [5.74, 6) is 0. The second kappa shape index (κ2) is 3.19. The van der Waals surface area contributed by atoms with Crippen molar-refractivity contribution in [2.45, 2.75) is 42.0 Å². The van der Waals surface area contributed by atoms with Gasteiger partial charge in [-0.1, -0.05) is 0 Å². The highest BCUT2D eigenvalue weighted by Crippen LogP contribution is 2.44. The van der Waals surface area contributed by atoms with Crippen molar-refractivity contribution in [1.29, 1.82) is 0 Å². The van der Waals surface area contributed by atoms with Crippen molar-refractivity contribution in [3.05, 3.63) is 0 Å². The van der Waals surface area contributed by atoms with E-state index in [2.05, 4.69) is 42.3 Å². The molecular weight excluding hydrogens is 174 g/mol. The minimum absolute atomic E-state index is 0.763. The van der Waals surface area contributed by atoms with Gasteiger partial charge >= 0.3 is 0 Å². The van der Waals surface area contributed by atoms with Crippen LogP contribution in [0.5, 0.6) is 0 Å². The molecule has 0 spiro atoms. The average molecular weight is 189 g/mol. The van der Waals surface area contributed by atoms with E-state index in [9.17, 15) is 0 Å². The first-order chi connectivity index (χ1) is 5.27. The highest BCUT2D eigenvalue weighted by Gasteiger charge is 2.35. The number of fused-ring (bicyclic) bond motifs is 1. The van der Waals surface area contributed by atoms with Gasteiger partial charge in [-0.15, -0.1) is 23.5 Å². The Morgan fingerprint density at radius 3 is 2.91 bits per heavy atom. The summed E-state index contributed by atoms with van der Waals surface area (Å²) in [5.41, 5.74) is 0. The van der Waals surface area contributed by atoms with Gasteiger partial charge in [0.25, 0.3) is 0 Å². The molecule has 0 bridgehead atoms. The predicted molar refractivity (Wildman–Crippen MR) is 53.8 cm³/mol. The van der Waals surface area contributed by atoms with Crippen LogP contribution in [0.1, 0.15) is 26.7 Å². The van der Waals surface area contributed by atoms with E-state index in [0.717, 1.165) is 15.3 Å². The number of hydrogen-bond acceptors (Lipinski definition) is 3. The van der Waals surface area contributed by atoms with E-state index < -0.39 is 0 Å². The summed E-state index contributed by atoms with van der Waals surface area (Å²) in [4.78, 5) is 2.65. The molecule has 0 aromatic rings. The highest BCUT2D eigenvalue weighted by molar-refractivity contribution is 8.18. The van der Waals surface area contributed by atoms with Gasteiger partial charge in [-0.25, -0.2) is 0 Å². The largest absolute Gasteiger partial charge is 0.280 e. The Morgan fingerprint density at radius 2 is 2.09 bits per heavy atom. The molecule has 3 unspecified atom stereocenters. The molecule has 1 nitrogen and oxygen atoms in total. The first-order valence-corrected chi connectivity index (χ1v) is 6.22. The third-order valence-electron chi connectivity index (χ3n) is 2.44. The summed E-state index contributed by atoms with van der Waals surface area (Å²) < 4.78 is 0.810. The summed E-state index contributed by atoms with van der Waals surface area (Å²) in [6.45, 7) is 6.01. The molecule has 0 N–H and O–H groups in total. The predicted octanol–water partition coefficient (Wildman–Crippen LogP) is 2.58. The van der Waals surface area contributed by atoms with Crippen LogP contribution in [0.4, 0.5) is 0 Å². The Morgan fingerprint density at radius 1 is 1.27 bits per heavy atom. The van der Waals surface area contributed by atoms with Crippen molar-refractivity contribution in [1.82, 2.24) is 4.90 Å². The molecule has 0 aromatic carbocycles. The first kappa shape index (κ1) is 8.27. The van der Waals surface area contributed by atoms with E-state index in [-0.39, 0.29) is 0 Å². The van der Waals surface area contributed by atoms with Crippen LogP contribution in [0, 0.1) is 0 Å². The lowest BCUT2D eigenvalue weighted by atomic mass is 10.4. The van der Waals surface area contributed by atoms with Crippen molar-refractivity contribution in [3.8, 4) is 0 Å². The van der Waals surface area contributed by atoms with E-state index in [0.29, 0.717) is 0 Å². The van der Waals surface area contributed by atoms with Crippen LogP contribution in [0.3, 0.4) is 0 Å². The van der Waals surface area contributed by atoms with Gasteiger partial charge in [0.05, 0.1) is 15.3 Å². The fourth-order valence-electron chi connectivity index (χ4n) is 1.93. The molecule has 64 valence electrons. The standard InChI is InChI=1S/C8H15NS2/c1-6-9-5-3-4-8(9)11-7(2)10-6/h6-8H,3-5H2,1-2H3. The monoisotopic (exact) mass is 189 g/mol. The van der Waals surface area contributed by atoms with Crippen molar-refractivity contribution in [2.75, 3.05) is 6.54 Å². The van der Waals surface area contributed by atoms with Gasteiger partial charge in [0.15, 0.2) is 0 Å². The van der Waals surface area contributed by atoms with Gasteiger partial charge in [-0.05, 0) is 26.7 Å². The average Bonchev–Trinajstić information content (AvgIpc) is 2.34. The summed E-state index contributed by atoms with van der Waals surface area (Å²) in [6.07, 6.45) is 2.83. The molecular formula is C8H15NS2. The maximum absolute atomic E-state index is 2.65. The molecule has 2 heterocycles. The zero-order valence-electron chi connectivity index (χ0n) is 7.12. The van der Waals surface area contributed by atoms with Gasteiger partial charge in [0.1, 0.15) is 0 Å². The lowest BCUT2D eigenvalue weighted by Gasteiger charge is -2.37. The van der Waals surface area contributed by atoms with Crippen LogP contribution in [-0.2, 0) is 0 Å². The lowest BCUT2D eigenvalue weighted by Crippen LogP contribution is -2.38.